The van der Waals surface area contributed by atoms with Gasteiger partial charge in [0.15, 0.2) is 0 Å². The second kappa shape index (κ2) is 2.82. The van der Waals surface area contributed by atoms with E-state index in [0.717, 1.165) is 11.3 Å². The van der Waals surface area contributed by atoms with Crippen LogP contribution in [0.5, 0.6) is 0 Å². The molecule has 0 bridgehead atoms. The average Bonchev–Trinajstić information content (AvgIpc) is 1.55. The van der Waals surface area contributed by atoms with Crippen LogP contribution in [0, 0.1) is 0 Å². The van der Waals surface area contributed by atoms with Crippen molar-refractivity contribution >= 4 is 8.58 Å². The lowest BCUT2D eigenvalue weighted by atomic mass is 10.00. The van der Waals surface area contributed by atoms with E-state index in [2.05, 4.69) is 13.8 Å². The Balaban J connectivity index is 2.01. The summed E-state index contributed by atoms with van der Waals surface area (Å²) in [5.74, 6) is 0. The molecule has 0 nitrogen and oxygen atoms in total. The first-order chi connectivity index (χ1) is 3.79. The number of hydrogen-bond donors (Lipinski definition) is 0. The molecular formula is C7H15P. The Morgan fingerprint density at radius 3 is 2.12 bits per heavy atom. The van der Waals surface area contributed by atoms with Crippen molar-refractivity contribution in [2.45, 2.75) is 44.4 Å². The van der Waals surface area contributed by atoms with Crippen molar-refractivity contribution in [1.29, 1.82) is 0 Å². The molecule has 0 amide bonds. The van der Waals surface area contributed by atoms with Crippen molar-refractivity contribution in [2.24, 2.45) is 0 Å². The van der Waals surface area contributed by atoms with Crippen LogP contribution >= 0.6 is 8.58 Å². The van der Waals surface area contributed by atoms with E-state index in [1.165, 1.54) is 27.8 Å². The van der Waals surface area contributed by atoms with Crippen molar-refractivity contribution in [3.05, 3.63) is 0 Å². The van der Waals surface area contributed by atoms with Gasteiger partial charge in [0.05, 0.1) is 0 Å². The van der Waals surface area contributed by atoms with E-state index >= 15 is 0 Å². The summed E-state index contributed by atoms with van der Waals surface area (Å²) in [7, 11) is 1.25. The molecule has 0 aromatic carbocycles. The lowest BCUT2D eigenvalue weighted by Crippen LogP contribution is -2.13. The fourth-order valence-electron chi connectivity index (χ4n) is 1.05. The minimum absolute atomic E-state index is 0.959. The normalized spacial score (nSPS) is 22.9. The highest BCUT2D eigenvalue weighted by atomic mass is 31.1. The van der Waals surface area contributed by atoms with Gasteiger partial charge in [0, 0.05) is 0 Å². The summed E-state index contributed by atoms with van der Waals surface area (Å²) >= 11 is 0. The van der Waals surface area contributed by atoms with Gasteiger partial charge in [0.2, 0.25) is 0 Å². The van der Waals surface area contributed by atoms with Crippen molar-refractivity contribution in [3.8, 4) is 0 Å². The Morgan fingerprint density at radius 2 is 2.00 bits per heavy atom. The molecule has 1 saturated carbocycles. The maximum Gasteiger partial charge on any atom is -0.0234 e. The van der Waals surface area contributed by atoms with Crippen LogP contribution in [0.15, 0.2) is 0 Å². The smallest absolute Gasteiger partial charge is 0.0234 e. The highest BCUT2D eigenvalue weighted by Gasteiger charge is 2.17. The largest absolute Gasteiger partial charge is 0.116 e. The molecule has 8 heavy (non-hydrogen) atoms. The van der Waals surface area contributed by atoms with E-state index in [4.69, 9.17) is 0 Å². The predicted octanol–water partition coefficient (Wildman–Crippen LogP) is 2.63. The van der Waals surface area contributed by atoms with Crippen molar-refractivity contribution in [3.63, 3.8) is 0 Å². The van der Waals surface area contributed by atoms with Gasteiger partial charge in [-0.1, -0.05) is 20.3 Å². The monoisotopic (exact) mass is 130 g/mol. The third-order valence-electron chi connectivity index (χ3n) is 1.67. The molecule has 0 heterocycles. The summed E-state index contributed by atoms with van der Waals surface area (Å²) in [6.07, 6.45) is 4.55. The summed E-state index contributed by atoms with van der Waals surface area (Å²) in [5, 5.41) is 0. The van der Waals surface area contributed by atoms with Gasteiger partial charge >= 0.3 is 0 Å². The summed E-state index contributed by atoms with van der Waals surface area (Å²) in [4.78, 5) is 0. The van der Waals surface area contributed by atoms with Gasteiger partial charge in [-0.3, -0.25) is 0 Å². The molecule has 0 radical (unpaired) electrons. The quantitative estimate of drug-likeness (QED) is 0.504. The van der Waals surface area contributed by atoms with E-state index in [1.807, 2.05) is 0 Å². The molecule has 0 aliphatic heterocycles. The SMILES string of the molecule is CC(C)PC1CCC1. The third kappa shape index (κ3) is 1.74. The second-order valence-corrected chi connectivity index (χ2v) is 5.25. The topological polar surface area (TPSA) is 0 Å². The van der Waals surface area contributed by atoms with Gasteiger partial charge in [-0.05, 0) is 24.2 Å². The molecule has 0 aromatic heterocycles. The molecule has 0 spiro atoms. The van der Waals surface area contributed by atoms with Gasteiger partial charge in [-0.25, -0.2) is 0 Å². The van der Waals surface area contributed by atoms with E-state index in [1.54, 1.807) is 0 Å². The van der Waals surface area contributed by atoms with Crippen LogP contribution in [0.3, 0.4) is 0 Å². The molecule has 1 rings (SSSR count). The fraction of sp³-hybridized carbons (Fsp3) is 1.00. The van der Waals surface area contributed by atoms with Crippen molar-refractivity contribution in [2.75, 3.05) is 0 Å². The molecule has 1 fully saturated rings. The predicted molar refractivity (Wildman–Crippen MR) is 41.1 cm³/mol. The molecular weight excluding hydrogens is 115 g/mol. The molecule has 1 unspecified atom stereocenters. The molecule has 0 aromatic rings. The fourth-order valence-corrected chi connectivity index (χ4v) is 2.73. The zero-order valence-corrected chi connectivity index (χ0v) is 6.78. The van der Waals surface area contributed by atoms with Crippen molar-refractivity contribution < 1.29 is 0 Å². The molecule has 1 aliphatic carbocycles. The Labute approximate surface area is 53.8 Å². The molecule has 0 saturated heterocycles. The van der Waals surface area contributed by atoms with E-state index in [9.17, 15) is 0 Å². The first-order valence-electron chi connectivity index (χ1n) is 3.55. The lowest BCUT2D eigenvalue weighted by molar-refractivity contribution is 0.516. The zero-order valence-electron chi connectivity index (χ0n) is 5.78. The van der Waals surface area contributed by atoms with Gasteiger partial charge in [0.25, 0.3) is 0 Å². The maximum absolute atomic E-state index is 2.33. The van der Waals surface area contributed by atoms with Gasteiger partial charge in [-0.15, -0.1) is 8.58 Å². The van der Waals surface area contributed by atoms with Crippen LogP contribution in [-0.4, -0.2) is 11.3 Å². The molecule has 1 atom stereocenters. The first kappa shape index (κ1) is 6.55. The Hall–Kier alpha value is 0.430. The molecule has 1 aliphatic rings. The summed E-state index contributed by atoms with van der Waals surface area (Å²) < 4.78 is 0. The van der Waals surface area contributed by atoms with Crippen LogP contribution in [0.25, 0.3) is 0 Å². The van der Waals surface area contributed by atoms with Crippen LogP contribution in [-0.2, 0) is 0 Å². The van der Waals surface area contributed by atoms with Gasteiger partial charge in [-0.2, -0.15) is 0 Å². The summed E-state index contributed by atoms with van der Waals surface area (Å²) in [6.45, 7) is 4.66. The van der Waals surface area contributed by atoms with E-state index in [-0.39, 0.29) is 0 Å². The van der Waals surface area contributed by atoms with Crippen LogP contribution in [0.2, 0.25) is 0 Å². The van der Waals surface area contributed by atoms with Crippen LogP contribution in [0.4, 0.5) is 0 Å². The maximum atomic E-state index is 2.33. The van der Waals surface area contributed by atoms with Gasteiger partial charge < -0.3 is 0 Å². The average molecular weight is 130 g/mol. The molecule has 48 valence electrons. The Bertz CT molecular complexity index is 64.8. The lowest BCUT2D eigenvalue weighted by Gasteiger charge is -2.26. The Kier molecular flexibility index (Phi) is 2.31. The zero-order chi connectivity index (χ0) is 5.98. The molecule has 1 heteroatoms. The Morgan fingerprint density at radius 1 is 1.38 bits per heavy atom. The highest BCUT2D eigenvalue weighted by molar-refractivity contribution is 7.39. The first-order valence-corrected chi connectivity index (χ1v) is 4.70. The highest BCUT2D eigenvalue weighted by Crippen LogP contribution is 2.38. The summed E-state index contributed by atoms with van der Waals surface area (Å²) in [5.41, 5.74) is 2.09. The van der Waals surface area contributed by atoms with Crippen LogP contribution < -0.4 is 0 Å². The van der Waals surface area contributed by atoms with E-state index in [0.29, 0.717) is 0 Å². The second-order valence-electron chi connectivity index (χ2n) is 2.95. The van der Waals surface area contributed by atoms with E-state index < -0.39 is 0 Å². The standard InChI is InChI=1S/C7H15P/c1-6(2)8-7-4-3-5-7/h6-8H,3-5H2,1-2H3. The number of rotatable bonds is 2. The van der Waals surface area contributed by atoms with Crippen LogP contribution in [0.1, 0.15) is 33.1 Å². The molecule has 0 N–H and O–H groups in total. The summed E-state index contributed by atoms with van der Waals surface area (Å²) in [6, 6.07) is 0. The minimum atomic E-state index is 0.959. The number of hydrogen-bond acceptors (Lipinski definition) is 0. The minimum Gasteiger partial charge on any atom is -0.116 e. The van der Waals surface area contributed by atoms with Gasteiger partial charge in [0.1, 0.15) is 0 Å². The third-order valence-corrected chi connectivity index (χ3v) is 3.39. The van der Waals surface area contributed by atoms with Crippen molar-refractivity contribution in [1.82, 2.24) is 0 Å².